The van der Waals surface area contributed by atoms with Crippen molar-refractivity contribution in [2.75, 3.05) is 0 Å². The van der Waals surface area contributed by atoms with Crippen LogP contribution in [-0.2, 0) is 4.79 Å². The van der Waals surface area contributed by atoms with Crippen molar-refractivity contribution in [2.24, 2.45) is 0 Å². The number of carbonyl (C=O) groups excluding carboxylic acids is 1. The summed E-state index contributed by atoms with van der Waals surface area (Å²) >= 11 is 4.69. The van der Waals surface area contributed by atoms with Crippen molar-refractivity contribution in [3.05, 3.63) is 12.2 Å². The molecule has 0 fully saturated rings. The van der Waals surface area contributed by atoms with Crippen LogP contribution in [0, 0.1) is 0 Å². The van der Waals surface area contributed by atoms with Crippen molar-refractivity contribution in [3.63, 3.8) is 0 Å². The molecule has 1 aliphatic rings. The van der Waals surface area contributed by atoms with Gasteiger partial charge in [-0.15, -0.1) is 0 Å². The van der Waals surface area contributed by atoms with Gasteiger partial charge in [-0.05, 0) is 12.2 Å². The summed E-state index contributed by atoms with van der Waals surface area (Å²) in [5.74, 6) is 0.130. The molecule has 0 aromatic rings. The fraction of sp³-hybridized carbons (Fsp3) is 0.200. The molecule has 7 heavy (non-hydrogen) atoms. The average Bonchev–Trinajstić information content (AvgIpc) is 1.87. The Hall–Kier alpha value is -0.500. The van der Waals surface area contributed by atoms with Crippen LogP contribution in [0.15, 0.2) is 12.2 Å². The molecule has 0 radical (unpaired) electrons. The maximum Gasteiger partial charge on any atom is 0.160 e. The molecule has 0 N–H and O–H groups in total. The van der Waals surface area contributed by atoms with Gasteiger partial charge >= 0.3 is 0 Å². The molecule has 2 heteroatoms. The van der Waals surface area contributed by atoms with E-state index in [0.717, 1.165) is 4.86 Å². The Kier molecular flexibility index (Phi) is 1.02. The Morgan fingerprint density at radius 1 is 1.57 bits per heavy atom. The molecule has 0 atom stereocenters. The summed E-state index contributed by atoms with van der Waals surface area (Å²) in [7, 11) is 0. The maximum absolute atomic E-state index is 10.3. The lowest BCUT2D eigenvalue weighted by atomic mass is 10.3. The molecule has 1 aliphatic carbocycles. The van der Waals surface area contributed by atoms with Crippen LogP contribution >= 0.6 is 12.2 Å². The normalized spacial score (nSPS) is 18.9. The minimum absolute atomic E-state index is 0.130. The molecule has 0 saturated heterocycles. The molecule has 0 saturated carbocycles. The molecular weight excluding hydrogens is 108 g/mol. The highest BCUT2D eigenvalue weighted by Crippen LogP contribution is 2.00. The van der Waals surface area contributed by atoms with Crippen molar-refractivity contribution >= 4 is 22.9 Å². The van der Waals surface area contributed by atoms with Crippen LogP contribution in [0.4, 0.5) is 0 Å². The van der Waals surface area contributed by atoms with Crippen molar-refractivity contribution in [1.82, 2.24) is 0 Å². The molecule has 1 rings (SSSR count). The summed E-state index contributed by atoms with van der Waals surface area (Å²) in [5.41, 5.74) is 0. The Balaban J connectivity index is 2.76. The van der Waals surface area contributed by atoms with Crippen LogP contribution in [0.25, 0.3) is 0 Å². The molecule has 0 spiro atoms. The molecular formula is C5H4OS. The van der Waals surface area contributed by atoms with Crippen molar-refractivity contribution in [3.8, 4) is 0 Å². The summed E-state index contributed by atoms with van der Waals surface area (Å²) in [5, 5.41) is 0. The van der Waals surface area contributed by atoms with E-state index >= 15 is 0 Å². The number of carbonyl (C=O) groups is 1. The van der Waals surface area contributed by atoms with Gasteiger partial charge in [0.25, 0.3) is 0 Å². The number of thiocarbonyl (C=S) groups is 1. The molecule has 0 heterocycles. The first-order valence-corrected chi connectivity index (χ1v) is 2.43. The third-order valence-corrected chi connectivity index (χ3v) is 1.08. The molecule has 0 aromatic heterocycles. The van der Waals surface area contributed by atoms with E-state index < -0.39 is 0 Å². The molecule has 0 amide bonds. The topological polar surface area (TPSA) is 17.1 Å². The number of ketones is 1. The van der Waals surface area contributed by atoms with Crippen LogP contribution in [-0.4, -0.2) is 10.6 Å². The van der Waals surface area contributed by atoms with Gasteiger partial charge in [0, 0.05) is 11.3 Å². The number of hydrogen-bond donors (Lipinski definition) is 0. The Morgan fingerprint density at radius 2 is 2.29 bits per heavy atom. The van der Waals surface area contributed by atoms with E-state index in [0.29, 0.717) is 6.42 Å². The van der Waals surface area contributed by atoms with Crippen LogP contribution in [0.5, 0.6) is 0 Å². The summed E-state index contributed by atoms with van der Waals surface area (Å²) in [6.45, 7) is 0. The highest BCUT2D eigenvalue weighted by Gasteiger charge is 2.05. The Morgan fingerprint density at radius 3 is 2.43 bits per heavy atom. The zero-order valence-electron chi connectivity index (χ0n) is 3.68. The van der Waals surface area contributed by atoms with Crippen molar-refractivity contribution < 1.29 is 4.79 Å². The van der Waals surface area contributed by atoms with Gasteiger partial charge in [-0.1, -0.05) is 12.2 Å². The summed E-state index contributed by atoms with van der Waals surface area (Å²) in [6.07, 6.45) is 3.65. The van der Waals surface area contributed by atoms with Gasteiger partial charge in [-0.2, -0.15) is 0 Å². The minimum Gasteiger partial charge on any atom is -0.294 e. The van der Waals surface area contributed by atoms with Gasteiger partial charge < -0.3 is 0 Å². The molecule has 0 aromatic carbocycles. The zero-order valence-corrected chi connectivity index (χ0v) is 4.49. The molecule has 1 nitrogen and oxygen atoms in total. The molecule has 36 valence electrons. The van der Waals surface area contributed by atoms with Crippen molar-refractivity contribution in [2.45, 2.75) is 6.42 Å². The van der Waals surface area contributed by atoms with Crippen molar-refractivity contribution in [1.29, 1.82) is 0 Å². The van der Waals surface area contributed by atoms with Gasteiger partial charge in [0.2, 0.25) is 0 Å². The lowest BCUT2D eigenvalue weighted by molar-refractivity contribution is -0.113. The van der Waals surface area contributed by atoms with Crippen LogP contribution in [0.1, 0.15) is 6.42 Å². The first kappa shape index (κ1) is 4.65. The van der Waals surface area contributed by atoms with E-state index in [1.165, 1.54) is 6.08 Å². The lowest BCUT2D eigenvalue weighted by Gasteiger charge is -1.75. The quantitative estimate of drug-likeness (QED) is 0.433. The Bertz CT molecular complexity index is 130. The monoisotopic (exact) mass is 112 g/mol. The van der Waals surface area contributed by atoms with Gasteiger partial charge in [-0.25, -0.2) is 0 Å². The molecule has 0 unspecified atom stereocenters. The van der Waals surface area contributed by atoms with Crippen LogP contribution in [0.2, 0.25) is 0 Å². The molecule has 0 aliphatic heterocycles. The second-order valence-corrected chi connectivity index (χ2v) is 1.97. The van der Waals surface area contributed by atoms with Gasteiger partial charge in [0.1, 0.15) is 0 Å². The zero-order chi connectivity index (χ0) is 5.28. The van der Waals surface area contributed by atoms with Gasteiger partial charge in [-0.3, -0.25) is 4.79 Å². The highest BCUT2D eigenvalue weighted by molar-refractivity contribution is 7.80. The second-order valence-electron chi connectivity index (χ2n) is 1.44. The minimum atomic E-state index is 0.130. The van der Waals surface area contributed by atoms with E-state index in [2.05, 4.69) is 12.2 Å². The van der Waals surface area contributed by atoms with Crippen LogP contribution < -0.4 is 0 Å². The van der Waals surface area contributed by atoms with E-state index in [1.807, 2.05) is 0 Å². The summed E-state index contributed by atoms with van der Waals surface area (Å²) in [4.78, 5) is 11.0. The summed E-state index contributed by atoms with van der Waals surface area (Å²) in [6, 6.07) is 0. The van der Waals surface area contributed by atoms with Gasteiger partial charge in [0.05, 0.1) is 0 Å². The lowest BCUT2D eigenvalue weighted by Crippen LogP contribution is -1.88. The summed E-state index contributed by atoms with van der Waals surface area (Å²) < 4.78 is 0. The standard InChI is InChI=1S/C5H4OS/c6-4-1-2-5(7)3-4/h1-2H,3H2. The first-order valence-electron chi connectivity index (χ1n) is 2.03. The van der Waals surface area contributed by atoms with E-state index in [1.54, 1.807) is 6.08 Å². The first-order chi connectivity index (χ1) is 3.29. The van der Waals surface area contributed by atoms with E-state index in [4.69, 9.17) is 0 Å². The second kappa shape index (κ2) is 1.54. The third kappa shape index (κ3) is 0.933. The van der Waals surface area contributed by atoms with E-state index in [-0.39, 0.29) is 5.78 Å². The maximum atomic E-state index is 10.3. The highest BCUT2D eigenvalue weighted by atomic mass is 32.1. The largest absolute Gasteiger partial charge is 0.294 e. The predicted molar refractivity (Wildman–Crippen MR) is 31.4 cm³/mol. The smallest absolute Gasteiger partial charge is 0.160 e. The van der Waals surface area contributed by atoms with Crippen LogP contribution in [0.3, 0.4) is 0 Å². The third-order valence-electron chi connectivity index (χ3n) is 0.804. The molecule has 0 bridgehead atoms. The SMILES string of the molecule is O=C1C=CC(=S)C1. The Labute approximate surface area is 47.0 Å². The number of hydrogen-bond acceptors (Lipinski definition) is 2. The van der Waals surface area contributed by atoms with E-state index in [9.17, 15) is 4.79 Å². The average molecular weight is 112 g/mol. The fourth-order valence-electron chi connectivity index (χ4n) is 0.475. The number of rotatable bonds is 0. The fourth-order valence-corrected chi connectivity index (χ4v) is 0.686. The van der Waals surface area contributed by atoms with Gasteiger partial charge in [0.15, 0.2) is 5.78 Å². The number of allylic oxidation sites excluding steroid dienone is 2. The predicted octanol–water partition coefficient (Wildman–Crippen LogP) is 0.885.